The van der Waals surface area contributed by atoms with E-state index in [4.69, 9.17) is 16.0 Å². The standard InChI is InChI=1S/C22H21ClN2O4S/c1-16-6-8-17(9-7-16)30(27,28)25-14-12-24(13-15-25)22(26)21-11-10-20(29-21)18-4-2-3-5-19(18)23/h2-11H,12-15H2,1H3. The van der Waals surface area contributed by atoms with Gasteiger partial charge in [-0.3, -0.25) is 4.79 Å². The van der Waals surface area contributed by atoms with Gasteiger partial charge < -0.3 is 9.32 Å². The summed E-state index contributed by atoms with van der Waals surface area (Å²) in [5.74, 6) is 0.463. The van der Waals surface area contributed by atoms with Crippen LogP contribution in [-0.2, 0) is 10.0 Å². The predicted molar refractivity (Wildman–Crippen MR) is 115 cm³/mol. The summed E-state index contributed by atoms with van der Waals surface area (Å²) in [5.41, 5.74) is 1.71. The van der Waals surface area contributed by atoms with Crippen LogP contribution in [0.1, 0.15) is 16.1 Å². The van der Waals surface area contributed by atoms with Gasteiger partial charge in [-0.15, -0.1) is 0 Å². The van der Waals surface area contributed by atoms with Crippen molar-refractivity contribution in [3.8, 4) is 11.3 Å². The lowest BCUT2D eigenvalue weighted by molar-refractivity contribution is 0.0667. The smallest absolute Gasteiger partial charge is 0.289 e. The van der Waals surface area contributed by atoms with E-state index in [-0.39, 0.29) is 29.7 Å². The van der Waals surface area contributed by atoms with Crippen LogP contribution in [0.15, 0.2) is 70.0 Å². The molecule has 1 aliphatic heterocycles. The SMILES string of the molecule is Cc1ccc(S(=O)(=O)N2CCN(C(=O)c3ccc(-c4ccccc4Cl)o3)CC2)cc1. The number of amides is 1. The van der Waals surface area contributed by atoms with E-state index in [1.165, 1.54) is 4.31 Å². The maximum Gasteiger partial charge on any atom is 0.289 e. The van der Waals surface area contributed by atoms with Gasteiger partial charge in [0.25, 0.3) is 5.91 Å². The molecular formula is C22H21ClN2O4S. The number of sulfonamides is 1. The average Bonchev–Trinajstić information content (AvgIpc) is 3.24. The van der Waals surface area contributed by atoms with Crippen molar-refractivity contribution in [1.82, 2.24) is 9.21 Å². The minimum absolute atomic E-state index is 0.208. The van der Waals surface area contributed by atoms with Gasteiger partial charge in [-0.1, -0.05) is 41.4 Å². The van der Waals surface area contributed by atoms with E-state index in [1.807, 2.05) is 25.1 Å². The Morgan fingerprint density at radius 2 is 1.60 bits per heavy atom. The fraction of sp³-hybridized carbons (Fsp3) is 0.227. The molecule has 0 N–H and O–H groups in total. The highest BCUT2D eigenvalue weighted by atomic mass is 35.5. The number of carbonyl (C=O) groups excluding carboxylic acids is 1. The van der Waals surface area contributed by atoms with E-state index in [2.05, 4.69) is 0 Å². The molecule has 1 fully saturated rings. The van der Waals surface area contributed by atoms with E-state index >= 15 is 0 Å². The Morgan fingerprint density at radius 3 is 2.27 bits per heavy atom. The van der Waals surface area contributed by atoms with Crippen molar-refractivity contribution >= 4 is 27.5 Å². The highest BCUT2D eigenvalue weighted by molar-refractivity contribution is 7.89. The molecule has 1 saturated heterocycles. The van der Waals surface area contributed by atoms with Crippen LogP contribution in [0.2, 0.25) is 5.02 Å². The molecule has 0 radical (unpaired) electrons. The molecule has 1 aliphatic rings. The van der Waals surface area contributed by atoms with Crippen LogP contribution in [0.5, 0.6) is 0 Å². The Morgan fingerprint density at radius 1 is 0.933 bits per heavy atom. The highest BCUT2D eigenvalue weighted by Gasteiger charge is 2.31. The molecule has 0 atom stereocenters. The van der Waals surface area contributed by atoms with Gasteiger partial charge in [-0.2, -0.15) is 4.31 Å². The lowest BCUT2D eigenvalue weighted by atomic mass is 10.2. The second-order valence-electron chi connectivity index (χ2n) is 7.15. The minimum Gasteiger partial charge on any atom is -0.451 e. The van der Waals surface area contributed by atoms with Crippen LogP contribution in [0.4, 0.5) is 0 Å². The summed E-state index contributed by atoms with van der Waals surface area (Å²) in [4.78, 5) is 14.7. The number of benzene rings is 2. The van der Waals surface area contributed by atoms with E-state index in [0.29, 0.717) is 29.4 Å². The van der Waals surface area contributed by atoms with Crippen molar-refractivity contribution in [2.24, 2.45) is 0 Å². The number of hydrogen-bond donors (Lipinski definition) is 0. The zero-order chi connectivity index (χ0) is 21.3. The topological polar surface area (TPSA) is 70.8 Å². The first kappa shape index (κ1) is 20.7. The van der Waals surface area contributed by atoms with Crippen LogP contribution in [-0.4, -0.2) is 49.7 Å². The number of piperazine rings is 1. The second-order valence-corrected chi connectivity index (χ2v) is 9.50. The Kier molecular flexibility index (Phi) is 5.69. The molecule has 0 spiro atoms. The summed E-state index contributed by atoms with van der Waals surface area (Å²) in [6.45, 7) is 2.98. The van der Waals surface area contributed by atoms with Crippen LogP contribution in [0.25, 0.3) is 11.3 Å². The summed E-state index contributed by atoms with van der Waals surface area (Å²) >= 11 is 6.20. The largest absolute Gasteiger partial charge is 0.451 e. The predicted octanol–water partition coefficient (Wildman–Crippen LogP) is 4.06. The summed E-state index contributed by atoms with van der Waals surface area (Å²) in [6, 6.07) is 17.4. The van der Waals surface area contributed by atoms with Gasteiger partial charge in [-0.05, 0) is 43.3 Å². The summed E-state index contributed by atoms with van der Waals surface area (Å²) in [5, 5.41) is 0.542. The monoisotopic (exact) mass is 444 g/mol. The zero-order valence-electron chi connectivity index (χ0n) is 16.4. The molecule has 1 amide bonds. The van der Waals surface area contributed by atoms with Crippen molar-refractivity contribution in [2.45, 2.75) is 11.8 Å². The summed E-state index contributed by atoms with van der Waals surface area (Å²) < 4.78 is 32.8. The first-order valence-electron chi connectivity index (χ1n) is 9.57. The van der Waals surface area contributed by atoms with Crippen molar-refractivity contribution in [2.75, 3.05) is 26.2 Å². The average molecular weight is 445 g/mol. The number of carbonyl (C=O) groups is 1. The molecule has 0 unspecified atom stereocenters. The maximum atomic E-state index is 12.8. The second kappa shape index (κ2) is 8.26. The number of aryl methyl sites for hydroxylation is 1. The van der Waals surface area contributed by atoms with Crippen molar-refractivity contribution < 1.29 is 17.6 Å². The van der Waals surface area contributed by atoms with E-state index in [1.54, 1.807) is 47.4 Å². The number of halogens is 1. The lowest BCUT2D eigenvalue weighted by Gasteiger charge is -2.33. The minimum atomic E-state index is -3.57. The van der Waals surface area contributed by atoms with Crippen molar-refractivity contribution in [3.63, 3.8) is 0 Å². The molecule has 4 rings (SSSR count). The van der Waals surface area contributed by atoms with Crippen LogP contribution in [0.3, 0.4) is 0 Å². The Balaban J connectivity index is 1.44. The fourth-order valence-electron chi connectivity index (χ4n) is 3.41. The van der Waals surface area contributed by atoms with Gasteiger partial charge in [0.15, 0.2) is 5.76 Å². The molecule has 156 valence electrons. The van der Waals surface area contributed by atoms with Crippen molar-refractivity contribution in [3.05, 3.63) is 77.0 Å². The molecule has 0 aliphatic carbocycles. The normalized spacial score (nSPS) is 15.3. The molecule has 0 bridgehead atoms. The van der Waals surface area contributed by atoms with Crippen molar-refractivity contribution in [1.29, 1.82) is 0 Å². The molecule has 30 heavy (non-hydrogen) atoms. The molecule has 2 aromatic carbocycles. The first-order valence-corrected chi connectivity index (χ1v) is 11.4. The quantitative estimate of drug-likeness (QED) is 0.608. The van der Waals surface area contributed by atoms with Crippen LogP contribution < -0.4 is 0 Å². The molecule has 0 saturated carbocycles. The molecule has 1 aromatic heterocycles. The zero-order valence-corrected chi connectivity index (χ0v) is 18.0. The van der Waals surface area contributed by atoms with Gasteiger partial charge >= 0.3 is 0 Å². The van der Waals surface area contributed by atoms with Crippen LogP contribution in [0, 0.1) is 6.92 Å². The third kappa shape index (κ3) is 4.01. The fourth-order valence-corrected chi connectivity index (χ4v) is 5.06. The summed E-state index contributed by atoms with van der Waals surface area (Å²) in [7, 11) is -3.57. The van der Waals surface area contributed by atoms with Crippen LogP contribution >= 0.6 is 11.6 Å². The number of nitrogens with zero attached hydrogens (tertiary/aromatic N) is 2. The Labute approximate surface area is 180 Å². The third-order valence-electron chi connectivity index (χ3n) is 5.14. The molecule has 8 heteroatoms. The molecule has 6 nitrogen and oxygen atoms in total. The Bertz CT molecular complexity index is 1160. The molecule has 3 aromatic rings. The van der Waals surface area contributed by atoms with Gasteiger partial charge in [0.2, 0.25) is 10.0 Å². The third-order valence-corrected chi connectivity index (χ3v) is 7.38. The van der Waals surface area contributed by atoms with Gasteiger partial charge in [-0.25, -0.2) is 8.42 Å². The van der Waals surface area contributed by atoms with E-state index < -0.39 is 10.0 Å². The number of rotatable bonds is 4. The summed E-state index contributed by atoms with van der Waals surface area (Å²) in [6.07, 6.45) is 0. The van der Waals surface area contributed by atoms with Gasteiger partial charge in [0.05, 0.1) is 9.92 Å². The molecular weight excluding hydrogens is 424 g/mol. The van der Waals surface area contributed by atoms with Gasteiger partial charge in [0.1, 0.15) is 5.76 Å². The van der Waals surface area contributed by atoms with Gasteiger partial charge in [0, 0.05) is 31.7 Å². The van der Waals surface area contributed by atoms with E-state index in [9.17, 15) is 13.2 Å². The highest BCUT2D eigenvalue weighted by Crippen LogP contribution is 2.29. The van der Waals surface area contributed by atoms with E-state index in [0.717, 1.165) is 5.56 Å². The maximum absolute atomic E-state index is 12.8. The first-order chi connectivity index (χ1) is 14.4. The molecule has 2 heterocycles. The lowest BCUT2D eigenvalue weighted by Crippen LogP contribution is -2.50. The number of hydrogen-bond acceptors (Lipinski definition) is 4. The Hall–Kier alpha value is -2.61. The number of furan rings is 1.